The summed E-state index contributed by atoms with van der Waals surface area (Å²) in [4.78, 5) is 20.3. The molecule has 8 nitrogen and oxygen atoms in total. The third kappa shape index (κ3) is 7.21. The van der Waals surface area contributed by atoms with Crippen LogP contribution in [0.3, 0.4) is 0 Å². The maximum atomic E-state index is 12.0. The lowest BCUT2D eigenvalue weighted by atomic mass is 10.1. The highest BCUT2D eigenvalue weighted by Crippen LogP contribution is 2.23. The van der Waals surface area contributed by atoms with Gasteiger partial charge in [-0.1, -0.05) is 12.1 Å². The summed E-state index contributed by atoms with van der Waals surface area (Å²) in [6, 6.07) is 11.8. The number of furan rings is 1. The zero-order valence-electron chi connectivity index (χ0n) is 19.3. The number of nitrogens with one attached hydrogen (secondary N) is 2. The van der Waals surface area contributed by atoms with Crippen LogP contribution in [0, 0.1) is 6.92 Å². The van der Waals surface area contributed by atoms with Crippen molar-refractivity contribution >= 4 is 35.8 Å². The predicted octanol–water partition coefficient (Wildman–Crippen LogP) is 2.65. The van der Waals surface area contributed by atoms with Gasteiger partial charge >= 0.3 is 0 Å². The highest BCUT2D eigenvalue weighted by molar-refractivity contribution is 14.0. The van der Waals surface area contributed by atoms with Gasteiger partial charge in [-0.25, -0.2) is 0 Å². The number of ether oxygens (including phenoxy) is 1. The first-order valence-corrected chi connectivity index (χ1v) is 10.6. The van der Waals surface area contributed by atoms with Crippen molar-refractivity contribution in [3.05, 3.63) is 59.0 Å². The molecule has 2 N–H and O–H groups in total. The third-order valence-corrected chi connectivity index (χ3v) is 5.33. The number of carbonyl (C=O) groups excluding carboxylic acids is 1. The molecular formula is C23H34IN5O3. The van der Waals surface area contributed by atoms with Gasteiger partial charge in [0.1, 0.15) is 11.5 Å². The van der Waals surface area contributed by atoms with Gasteiger partial charge < -0.3 is 24.7 Å². The van der Waals surface area contributed by atoms with Crippen LogP contribution in [0.4, 0.5) is 0 Å². The molecule has 0 saturated carbocycles. The first-order chi connectivity index (χ1) is 15.0. The fraction of sp³-hybridized carbons (Fsp3) is 0.478. The Morgan fingerprint density at radius 1 is 1.12 bits per heavy atom. The van der Waals surface area contributed by atoms with E-state index >= 15 is 0 Å². The number of hydrogen-bond acceptors (Lipinski definition) is 5. The number of guanidine groups is 1. The average Bonchev–Trinajstić information content (AvgIpc) is 3.22. The molecule has 1 amide bonds. The van der Waals surface area contributed by atoms with E-state index in [1.807, 2.05) is 43.3 Å². The molecule has 0 bridgehead atoms. The van der Waals surface area contributed by atoms with Crippen LogP contribution in [0.15, 0.2) is 45.8 Å². The Morgan fingerprint density at radius 2 is 1.81 bits per heavy atom. The lowest BCUT2D eigenvalue weighted by molar-refractivity contribution is 0.0124. The first-order valence-electron chi connectivity index (χ1n) is 10.6. The van der Waals surface area contributed by atoms with E-state index in [1.54, 1.807) is 26.0 Å². The lowest BCUT2D eigenvalue weighted by Crippen LogP contribution is -2.46. The summed E-state index contributed by atoms with van der Waals surface area (Å²) in [6.07, 6.45) is 0. The van der Waals surface area contributed by atoms with Crippen LogP contribution in [0.1, 0.15) is 33.5 Å². The molecule has 0 aliphatic carbocycles. The highest BCUT2D eigenvalue weighted by atomic mass is 127. The molecule has 1 aliphatic rings. The van der Waals surface area contributed by atoms with Crippen molar-refractivity contribution in [1.82, 2.24) is 20.4 Å². The summed E-state index contributed by atoms with van der Waals surface area (Å²) in [7, 11) is 5.26. The number of morpholine rings is 1. The molecule has 0 spiro atoms. The molecular weight excluding hydrogens is 521 g/mol. The number of aliphatic imine (C=N–C) groups is 1. The number of amides is 1. The van der Waals surface area contributed by atoms with Crippen molar-refractivity contribution in [2.75, 3.05) is 54.0 Å². The molecule has 9 heteroatoms. The van der Waals surface area contributed by atoms with Crippen LogP contribution in [-0.2, 0) is 11.3 Å². The van der Waals surface area contributed by atoms with E-state index in [2.05, 4.69) is 20.5 Å². The second-order valence-corrected chi connectivity index (χ2v) is 7.82. The minimum Gasteiger partial charge on any atom is -0.465 e. The third-order valence-electron chi connectivity index (χ3n) is 5.33. The normalized spacial score (nSPS) is 15.6. The van der Waals surface area contributed by atoms with Gasteiger partial charge in [0.15, 0.2) is 5.96 Å². The van der Waals surface area contributed by atoms with Gasteiger partial charge in [0.2, 0.25) is 0 Å². The molecule has 3 rings (SSSR count). The summed E-state index contributed by atoms with van der Waals surface area (Å²) < 4.78 is 11.4. The minimum absolute atomic E-state index is 0. The zero-order chi connectivity index (χ0) is 22.2. The Labute approximate surface area is 207 Å². The average molecular weight is 555 g/mol. The van der Waals surface area contributed by atoms with Crippen molar-refractivity contribution < 1.29 is 13.9 Å². The van der Waals surface area contributed by atoms with E-state index in [0.29, 0.717) is 18.7 Å². The van der Waals surface area contributed by atoms with E-state index in [0.717, 1.165) is 49.3 Å². The van der Waals surface area contributed by atoms with Gasteiger partial charge in [0.25, 0.3) is 5.91 Å². The SMILES string of the molecule is CN=C(NCc1ccc(C(=O)N(C)C)cc1)NCC(c1ccc(C)o1)N1CCOCC1.I. The Kier molecular flexibility index (Phi) is 10.5. The monoisotopic (exact) mass is 555 g/mol. The fourth-order valence-corrected chi connectivity index (χ4v) is 3.55. The number of carbonyl (C=O) groups is 1. The molecule has 1 unspecified atom stereocenters. The van der Waals surface area contributed by atoms with Crippen molar-refractivity contribution in [3.8, 4) is 0 Å². The van der Waals surface area contributed by atoms with Gasteiger partial charge in [0.05, 0.1) is 19.3 Å². The van der Waals surface area contributed by atoms with Crippen LogP contribution in [0.5, 0.6) is 0 Å². The number of benzene rings is 1. The first kappa shape index (κ1) is 26.1. The molecule has 176 valence electrons. The van der Waals surface area contributed by atoms with Crippen LogP contribution in [-0.4, -0.2) is 75.7 Å². The fourth-order valence-electron chi connectivity index (χ4n) is 3.55. The number of hydrogen-bond donors (Lipinski definition) is 2. The maximum absolute atomic E-state index is 12.0. The summed E-state index contributed by atoms with van der Waals surface area (Å²) in [5.41, 5.74) is 1.75. The van der Waals surface area contributed by atoms with Gasteiger partial charge in [-0.3, -0.25) is 14.7 Å². The molecule has 2 heterocycles. The van der Waals surface area contributed by atoms with Crippen LogP contribution < -0.4 is 10.6 Å². The van der Waals surface area contributed by atoms with Crippen LogP contribution in [0.2, 0.25) is 0 Å². The second-order valence-electron chi connectivity index (χ2n) is 7.82. The van der Waals surface area contributed by atoms with Crippen molar-refractivity contribution in [3.63, 3.8) is 0 Å². The Balaban J connectivity index is 0.00000363. The van der Waals surface area contributed by atoms with E-state index in [-0.39, 0.29) is 35.9 Å². The molecule has 2 aromatic rings. The lowest BCUT2D eigenvalue weighted by Gasteiger charge is -2.33. The molecule has 1 aliphatic heterocycles. The number of rotatable bonds is 7. The molecule has 32 heavy (non-hydrogen) atoms. The van der Waals surface area contributed by atoms with Gasteiger partial charge in [-0.15, -0.1) is 24.0 Å². The van der Waals surface area contributed by atoms with Gasteiger partial charge in [0, 0.05) is 52.9 Å². The summed E-state index contributed by atoms with van der Waals surface area (Å²) in [6.45, 7) is 6.45. The van der Waals surface area contributed by atoms with Crippen LogP contribution >= 0.6 is 24.0 Å². The summed E-state index contributed by atoms with van der Waals surface area (Å²) in [5, 5.41) is 6.77. The minimum atomic E-state index is -0.000645. The molecule has 1 fully saturated rings. The standard InChI is InChI=1S/C23H33N5O3.HI/c1-17-5-10-21(31-17)20(28-11-13-30-14-12-28)16-26-23(24-2)25-15-18-6-8-19(9-7-18)22(29)27(3)4;/h5-10,20H,11-16H2,1-4H3,(H2,24,25,26);1H. The largest absolute Gasteiger partial charge is 0.465 e. The van der Waals surface area contributed by atoms with Crippen molar-refractivity contribution in [2.24, 2.45) is 4.99 Å². The molecule has 1 aromatic heterocycles. The zero-order valence-corrected chi connectivity index (χ0v) is 21.6. The predicted molar refractivity (Wildman–Crippen MR) is 137 cm³/mol. The van der Waals surface area contributed by atoms with Crippen molar-refractivity contribution in [1.29, 1.82) is 0 Å². The molecule has 1 aromatic carbocycles. The smallest absolute Gasteiger partial charge is 0.253 e. The van der Waals surface area contributed by atoms with Crippen molar-refractivity contribution in [2.45, 2.75) is 19.5 Å². The van der Waals surface area contributed by atoms with E-state index in [9.17, 15) is 4.79 Å². The summed E-state index contributed by atoms with van der Waals surface area (Å²) in [5.74, 6) is 2.57. The summed E-state index contributed by atoms with van der Waals surface area (Å²) >= 11 is 0. The topological polar surface area (TPSA) is 82.3 Å². The quantitative estimate of drug-likeness (QED) is 0.311. The molecule has 1 saturated heterocycles. The highest BCUT2D eigenvalue weighted by Gasteiger charge is 2.25. The molecule has 0 radical (unpaired) electrons. The van der Waals surface area contributed by atoms with E-state index in [4.69, 9.17) is 9.15 Å². The van der Waals surface area contributed by atoms with Crippen LogP contribution in [0.25, 0.3) is 0 Å². The Hall–Kier alpha value is -2.11. The molecule has 1 atom stereocenters. The second kappa shape index (κ2) is 12.8. The number of aryl methyl sites for hydroxylation is 1. The number of nitrogens with zero attached hydrogens (tertiary/aromatic N) is 3. The Morgan fingerprint density at radius 3 is 2.38 bits per heavy atom. The van der Waals surface area contributed by atoms with Gasteiger partial charge in [-0.05, 0) is 36.8 Å². The van der Waals surface area contributed by atoms with Gasteiger partial charge in [-0.2, -0.15) is 0 Å². The van der Waals surface area contributed by atoms with E-state index < -0.39 is 0 Å². The maximum Gasteiger partial charge on any atom is 0.253 e. The van der Waals surface area contributed by atoms with E-state index in [1.165, 1.54) is 0 Å². The Bertz CT molecular complexity index is 876. The number of halogens is 1.